The topological polar surface area (TPSA) is 52.0 Å². The molecule has 5 atom stereocenters. The van der Waals surface area contributed by atoms with Crippen LogP contribution in [0.25, 0.3) is 0 Å². The van der Waals surface area contributed by atoms with Gasteiger partial charge in [-0.1, -0.05) is 30.3 Å². The number of benzene rings is 1. The van der Waals surface area contributed by atoms with Gasteiger partial charge < -0.3 is 11.5 Å². The molecule has 0 aliphatic heterocycles. The molecule has 2 aliphatic rings. The van der Waals surface area contributed by atoms with Gasteiger partial charge in [-0.2, -0.15) is 0 Å². The fourth-order valence-corrected chi connectivity index (χ4v) is 4.16. The van der Waals surface area contributed by atoms with Crippen molar-refractivity contribution in [2.24, 2.45) is 35.1 Å². The van der Waals surface area contributed by atoms with Crippen LogP contribution in [-0.4, -0.2) is 6.54 Å². The minimum atomic E-state index is 0.209. The molecule has 2 fully saturated rings. The van der Waals surface area contributed by atoms with Gasteiger partial charge >= 0.3 is 0 Å². The quantitative estimate of drug-likeness (QED) is 0.837. The molecule has 3 rings (SSSR count). The van der Waals surface area contributed by atoms with E-state index in [1.165, 1.54) is 24.8 Å². The summed E-state index contributed by atoms with van der Waals surface area (Å²) < 4.78 is 0. The number of rotatable bonds is 3. The van der Waals surface area contributed by atoms with Crippen LogP contribution >= 0.6 is 0 Å². The highest BCUT2D eigenvalue weighted by molar-refractivity contribution is 5.20. The van der Waals surface area contributed by atoms with Crippen LogP contribution in [0, 0.1) is 23.7 Å². The number of nitrogens with two attached hydrogens (primary N) is 2. The highest BCUT2D eigenvalue weighted by Crippen LogP contribution is 2.54. The smallest absolute Gasteiger partial charge is 0.0326 e. The first-order chi connectivity index (χ1) is 8.29. The summed E-state index contributed by atoms with van der Waals surface area (Å²) in [5.41, 5.74) is 13.6. The van der Waals surface area contributed by atoms with Crippen LogP contribution in [0.2, 0.25) is 0 Å². The van der Waals surface area contributed by atoms with E-state index in [2.05, 4.69) is 30.3 Å². The van der Waals surface area contributed by atoms with E-state index in [0.717, 1.165) is 24.3 Å². The highest BCUT2D eigenvalue weighted by atomic mass is 14.7. The normalized spacial score (nSPS) is 37.3. The number of hydrogen-bond acceptors (Lipinski definition) is 2. The molecule has 2 heteroatoms. The van der Waals surface area contributed by atoms with Gasteiger partial charge in [-0.3, -0.25) is 0 Å². The molecule has 4 N–H and O–H groups in total. The van der Waals surface area contributed by atoms with E-state index in [-0.39, 0.29) is 6.04 Å². The SMILES string of the molecule is NCC1CC2CC1C(C(N)c1ccccc1)C2. The second kappa shape index (κ2) is 4.43. The largest absolute Gasteiger partial charge is 0.330 e. The second-order valence-electron chi connectivity index (χ2n) is 5.83. The van der Waals surface area contributed by atoms with E-state index < -0.39 is 0 Å². The van der Waals surface area contributed by atoms with Crippen LogP contribution < -0.4 is 11.5 Å². The van der Waals surface area contributed by atoms with Crippen LogP contribution in [0.5, 0.6) is 0 Å². The van der Waals surface area contributed by atoms with Crippen LogP contribution in [0.3, 0.4) is 0 Å². The molecule has 92 valence electrons. The maximum atomic E-state index is 6.46. The van der Waals surface area contributed by atoms with E-state index in [4.69, 9.17) is 11.5 Å². The van der Waals surface area contributed by atoms with Gasteiger partial charge in [-0.25, -0.2) is 0 Å². The first-order valence-corrected chi connectivity index (χ1v) is 6.80. The van der Waals surface area contributed by atoms with Crippen LogP contribution in [0.15, 0.2) is 30.3 Å². The second-order valence-corrected chi connectivity index (χ2v) is 5.83. The fraction of sp³-hybridized carbons (Fsp3) is 0.600. The monoisotopic (exact) mass is 230 g/mol. The van der Waals surface area contributed by atoms with Gasteiger partial charge in [-0.15, -0.1) is 0 Å². The van der Waals surface area contributed by atoms with Crippen molar-refractivity contribution in [1.82, 2.24) is 0 Å². The average molecular weight is 230 g/mol. The molecular weight excluding hydrogens is 208 g/mol. The van der Waals surface area contributed by atoms with Gasteiger partial charge in [0.2, 0.25) is 0 Å². The lowest BCUT2D eigenvalue weighted by Crippen LogP contribution is -2.33. The maximum Gasteiger partial charge on any atom is 0.0326 e. The first-order valence-electron chi connectivity index (χ1n) is 6.80. The Kier molecular flexibility index (Phi) is 2.93. The van der Waals surface area contributed by atoms with E-state index >= 15 is 0 Å². The Labute approximate surface area is 103 Å². The van der Waals surface area contributed by atoms with E-state index in [1.54, 1.807) is 0 Å². The molecule has 1 aromatic carbocycles. The summed E-state index contributed by atoms with van der Waals surface area (Å²) in [6.45, 7) is 0.846. The lowest BCUT2D eigenvalue weighted by atomic mass is 9.75. The molecule has 5 unspecified atom stereocenters. The molecule has 0 amide bonds. The molecule has 2 saturated carbocycles. The summed E-state index contributed by atoms with van der Waals surface area (Å²) in [6, 6.07) is 10.8. The maximum absolute atomic E-state index is 6.46. The van der Waals surface area contributed by atoms with Crippen molar-refractivity contribution in [3.63, 3.8) is 0 Å². The minimum Gasteiger partial charge on any atom is -0.330 e. The Morgan fingerprint density at radius 3 is 2.53 bits per heavy atom. The minimum absolute atomic E-state index is 0.209. The molecule has 2 nitrogen and oxygen atoms in total. The van der Waals surface area contributed by atoms with Gasteiger partial charge in [0, 0.05) is 6.04 Å². The summed E-state index contributed by atoms with van der Waals surface area (Å²) >= 11 is 0. The standard InChI is InChI=1S/C15H22N2/c16-9-12-6-10-7-13(12)14(8-10)15(17)11-4-2-1-3-5-11/h1-5,10,12-15H,6-9,16-17H2. The van der Waals surface area contributed by atoms with Crippen LogP contribution in [-0.2, 0) is 0 Å². The van der Waals surface area contributed by atoms with Gasteiger partial charge in [0.15, 0.2) is 0 Å². The molecule has 0 heterocycles. The molecular formula is C15H22N2. The molecule has 0 saturated heterocycles. The van der Waals surface area contributed by atoms with E-state index in [9.17, 15) is 0 Å². The third kappa shape index (κ3) is 1.90. The Balaban J connectivity index is 1.77. The molecule has 2 bridgehead atoms. The van der Waals surface area contributed by atoms with Gasteiger partial charge in [-0.05, 0) is 55.0 Å². The fourth-order valence-electron chi connectivity index (χ4n) is 4.16. The van der Waals surface area contributed by atoms with Gasteiger partial charge in [0.1, 0.15) is 0 Å². The Morgan fingerprint density at radius 2 is 1.88 bits per heavy atom. The van der Waals surface area contributed by atoms with Crippen molar-refractivity contribution >= 4 is 0 Å². The van der Waals surface area contributed by atoms with Crippen LogP contribution in [0.4, 0.5) is 0 Å². The molecule has 0 aromatic heterocycles. The van der Waals surface area contributed by atoms with E-state index in [1.807, 2.05) is 0 Å². The Bertz CT molecular complexity index is 376. The first kappa shape index (κ1) is 11.2. The zero-order valence-corrected chi connectivity index (χ0v) is 10.3. The lowest BCUT2D eigenvalue weighted by molar-refractivity contribution is 0.212. The van der Waals surface area contributed by atoms with Crippen molar-refractivity contribution in [1.29, 1.82) is 0 Å². The molecule has 0 spiro atoms. The molecule has 0 radical (unpaired) electrons. The van der Waals surface area contributed by atoms with Crippen molar-refractivity contribution in [3.8, 4) is 0 Å². The van der Waals surface area contributed by atoms with Crippen molar-refractivity contribution in [3.05, 3.63) is 35.9 Å². The van der Waals surface area contributed by atoms with Crippen molar-refractivity contribution in [2.45, 2.75) is 25.3 Å². The molecule has 2 aliphatic carbocycles. The summed E-state index contributed by atoms with van der Waals surface area (Å²) in [5, 5.41) is 0. The summed E-state index contributed by atoms with van der Waals surface area (Å²) in [7, 11) is 0. The summed E-state index contributed by atoms with van der Waals surface area (Å²) in [4.78, 5) is 0. The highest BCUT2D eigenvalue weighted by Gasteiger charge is 2.47. The zero-order valence-electron chi connectivity index (χ0n) is 10.3. The number of fused-ring (bicyclic) bond motifs is 2. The lowest BCUT2D eigenvalue weighted by Gasteiger charge is -2.33. The van der Waals surface area contributed by atoms with E-state index in [0.29, 0.717) is 5.92 Å². The summed E-state index contributed by atoms with van der Waals surface area (Å²) in [5.74, 6) is 3.06. The third-order valence-corrected chi connectivity index (χ3v) is 4.95. The predicted octanol–water partition coefficient (Wildman–Crippen LogP) is 2.31. The average Bonchev–Trinajstić information content (AvgIpc) is 2.98. The third-order valence-electron chi connectivity index (χ3n) is 4.95. The van der Waals surface area contributed by atoms with Crippen molar-refractivity contribution in [2.75, 3.05) is 6.54 Å². The van der Waals surface area contributed by atoms with Crippen molar-refractivity contribution < 1.29 is 0 Å². The van der Waals surface area contributed by atoms with Crippen LogP contribution in [0.1, 0.15) is 30.9 Å². The molecule has 1 aromatic rings. The summed E-state index contributed by atoms with van der Waals surface area (Å²) in [6.07, 6.45) is 4.03. The number of hydrogen-bond donors (Lipinski definition) is 2. The van der Waals surface area contributed by atoms with Gasteiger partial charge in [0.25, 0.3) is 0 Å². The predicted molar refractivity (Wildman–Crippen MR) is 70.2 cm³/mol. The van der Waals surface area contributed by atoms with Gasteiger partial charge in [0.05, 0.1) is 0 Å². The molecule has 17 heavy (non-hydrogen) atoms. The zero-order chi connectivity index (χ0) is 11.8. The Morgan fingerprint density at radius 1 is 1.12 bits per heavy atom. The Hall–Kier alpha value is -0.860.